The molecular formula is C19H44N2O5. The topological polar surface area (TPSA) is 81.7 Å². The quantitative estimate of drug-likeness (QED) is 0.462. The maximum Gasteiger partial charge on any atom is 0.102 e. The number of quaternary nitrogens is 2. The van der Waals surface area contributed by atoms with Crippen LogP contribution < -0.4 is 10.2 Å². The van der Waals surface area contributed by atoms with Crippen LogP contribution >= 0.6 is 0 Å². The molecule has 0 aromatic carbocycles. The monoisotopic (exact) mass is 380 g/mol. The molecule has 7 nitrogen and oxygen atoms in total. The second-order valence-electron chi connectivity index (χ2n) is 6.26. The number of carbonyl (C=O) groups is 1. The van der Waals surface area contributed by atoms with Crippen LogP contribution in [0, 0.1) is 0 Å². The molecule has 0 fully saturated rings. The van der Waals surface area contributed by atoms with E-state index in [1.165, 1.54) is 48.2 Å². The highest BCUT2D eigenvalue weighted by molar-refractivity contribution is 5.47. The van der Waals surface area contributed by atoms with E-state index in [-0.39, 0.29) is 0 Å². The number of hydrogen-bond acceptors (Lipinski definition) is 5. The number of methoxy groups -OCH3 is 2. The number of hydrogen-bond donors (Lipinski definition) is 0. The fourth-order valence-corrected chi connectivity index (χ4v) is 2.86. The summed E-state index contributed by atoms with van der Waals surface area (Å²) >= 11 is 0. The first-order chi connectivity index (χ1) is 12.2. The molecule has 0 saturated carbocycles. The highest BCUT2D eigenvalue weighted by Crippen LogP contribution is 2.05. The van der Waals surface area contributed by atoms with Gasteiger partial charge in [-0.05, 0) is 47.7 Å². The molecule has 7 heteroatoms. The molecule has 0 saturated heterocycles. The van der Waals surface area contributed by atoms with Gasteiger partial charge in [0.2, 0.25) is 0 Å². The van der Waals surface area contributed by atoms with E-state index >= 15 is 0 Å². The van der Waals surface area contributed by atoms with E-state index in [0.29, 0.717) is 0 Å². The normalized spacial score (nSPS) is 11.1. The zero-order chi connectivity index (χ0) is 21.1. The van der Waals surface area contributed by atoms with Gasteiger partial charge in [0.15, 0.2) is 0 Å². The Morgan fingerprint density at radius 2 is 0.846 bits per heavy atom. The van der Waals surface area contributed by atoms with Crippen LogP contribution in [0.5, 0.6) is 0 Å². The summed E-state index contributed by atoms with van der Waals surface area (Å²) in [5, 5.41) is 16.7. The summed E-state index contributed by atoms with van der Waals surface area (Å²) in [5.74, 6) is 0. The van der Waals surface area contributed by atoms with Crippen LogP contribution in [0.25, 0.3) is 0 Å². The third kappa shape index (κ3) is 15.4. The molecule has 0 aliphatic carbocycles. The van der Waals surface area contributed by atoms with E-state index in [2.05, 4.69) is 41.5 Å². The fraction of sp³-hybridized carbons (Fsp3) is 0.947. The molecule has 0 N–H and O–H groups in total. The predicted molar refractivity (Wildman–Crippen MR) is 103 cm³/mol. The SMILES string of the molecule is CC[N+](CC)(CC)CCOC.CC[N+](CC)(CC)CCOC.O=C([O-])[O-]. The molecule has 0 aliphatic heterocycles. The summed E-state index contributed by atoms with van der Waals surface area (Å²) < 4.78 is 12.6. The summed E-state index contributed by atoms with van der Waals surface area (Å²) in [6.45, 7) is 24.9. The third-order valence-corrected chi connectivity index (χ3v) is 5.56. The molecule has 0 bridgehead atoms. The Morgan fingerprint density at radius 1 is 0.654 bits per heavy atom. The fourth-order valence-electron chi connectivity index (χ4n) is 2.86. The number of likely N-dealkylation sites (N-methyl/N-ethyl adjacent to an activating group) is 2. The van der Waals surface area contributed by atoms with Crippen molar-refractivity contribution in [3.8, 4) is 0 Å². The Hall–Kier alpha value is -0.890. The molecular weight excluding hydrogens is 336 g/mol. The van der Waals surface area contributed by atoms with Crippen molar-refractivity contribution in [2.45, 2.75) is 41.5 Å². The van der Waals surface area contributed by atoms with Gasteiger partial charge in [-0.25, -0.2) is 0 Å². The summed E-state index contributed by atoms with van der Waals surface area (Å²) in [4.78, 5) is 8.33. The Bertz CT molecular complexity index is 262. The first-order valence-corrected chi connectivity index (χ1v) is 9.78. The standard InChI is InChI=1S/2C9H22NO.CH2O3/c2*1-5-10(6-2,7-3)8-9-11-4;2-1(3)4/h2*5-9H2,1-4H3;(H2,2,3,4)/q2*+1;/p-2. The summed E-state index contributed by atoms with van der Waals surface area (Å²) in [6, 6.07) is 0. The molecule has 0 heterocycles. The van der Waals surface area contributed by atoms with Crippen molar-refractivity contribution in [3.05, 3.63) is 0 Å². The second kappa shape index (κ2) is 18.9. The average molecular weight is 381 g/mol. The highest BCUT2D eigenvalue weighted by Gasteiger charge is 2.20. The van der Waals surface area contributed by atoms with Crippen LogP contribution in [0.2, 0.25) is 0 Å². The first kappa shape index (κ1) is 29.9. The van der Waals surface area contributed by atoms with Gasteiger partial charge in [-0.1, -0.05) is 0 Å². The summed E-state index contributed by atoms with van der Waals surface area (Å²) in [5.41, 5.74) is 0. The Balaban J connectivity index is -0.000000338. The average Bonchev–Trinajstić information content (AvgIpc) is 2.65. The lowest BCUT2D eigenvalue weighted by molar-refractivity contribution is -0.923. The first-order valence-electron chi connectivity index (χ1n) is 9.78. The van der Waals surface area contributed by atoms with E-state index < -0.39 is 6.16 Å². The number of carboxylic acid groups (broad SMARTS) is 2. The molecule has 0 aromatic heterocycles. The van der Waals surface area contributed by atoms with E-state index in [9.17, 15) is 0 Å². The minimum atomic E-state index is -2.33. The van der Waals surface area contributed by atoms with Crippen LogP contribution in [0.15, 0.2) is 0 Å². The zero-order valence-corrected chi connectivity index (χ0v) is 18.5. The molecule has 0 aliphatic rings. The van der Waals surface area contributed by atoms with Crippen LogP contribution in [0.4, 0.5) is 4.79 Å². The van der Waals surface area contributed by atoms with Gasteiger partial charge in [0.25, 0.3) is 0 Å². The van der Waals surface area contributed by atoms with Gasteiger partial charge >= 0.3 is 0 Å². The highest BCUT2D eigenvalue weighted by atomic mass is 16.6. The van der Waals surface area contributed by atoms with Gasteiger partial charge in [-0.2, -0.15) is 0 Å². The van der Waals surface area contributed by atoms with Gasteiger partial charge in [0.1, 0.15) is 13.1 Å². The van der Waals surface area contributed by atoms with Crippen LogP contribution in [-0.4, -0.2) is 94.9 Å². The van der Waals surface area contributed by atoms with Crippen molar-refractivity contribution in [3.63, 3.8) is 0 Å². The van der Waals surface area contributed by atoms with Crippen LogP contribution in [0.3, 0.4) is 0 Å². The lowest BCUT2D eigenvalue weighted by Crippen LogP contribution is -2.49. The van der Waals surface area contributed by atoms with Crippen molar-refractivity contribution in [2.24, 2.45) is 0 Å². The lowest BCUT2D eigenvalue weighted by Gasteiger charge is -2.35. The van der Waals surface area contributed by atoms with Crippen LogP contribution in [0.1, 0.15) is 41.5 Å². The Morgan fingerprint density at radius 3 is 0.962 bits per heavy atom. The number of ether oxygens (including phenoxy) is 2. The van der Waals surface area contributed by atoms with E-state index in [4.69, 9.17) is 24.5 Å². The Labute approximate surface area is 161 Å². The largest absolute Gasteiger partial charge is 0.652 e. The summed E-state index contributed by atoms with van der Waals surface area (Å²) in [7, 11) is 3.55. The van der Waals surface area contributed by atoms with Crippen molar-refractivity contribution < 1.29 is 33.4 Å². The van der Waals surface area contributed by atoms with E-state index in [1.54, 1.807) is 14.2 Å². The number of nitrogens with zero attached hydrogens (tertiary/aromatic N) is 2. The number of rotatable bonds is 12. The van der Waals surface area contributed by atoms with Gasteiger partial charge in [0, 0.05) is 14.2 Å². The molecule has 0 atom stereocenters. The van der Waals surface area contributed by atoms with E-state index in [0.717, 1.165) is 26.3 Å². The molecule has 160 valence electrons. The van der Waals surface area contributed by atoms with Gasteiger partial charge in [-0.3, -0.25) is 0 Å². The van der Waals surface area contributed by atoms with Crippen LogP contribution in [-0.2, 0) is 9.47 Å². The molecule has 0 radical (unpaired) electrons. The molecule has 0 unspecified atom stereocenters. The van der Waals surface area contributed by atoms with Gasteiger partial charge in [-0.15, -0.1) is 0 Å². The molecule has 0 aromatic rings. The maximum atomic E-state index is 8.33. The summed E-state index contributed by atoms with van der Waals surface area (Å²) in [6.07, 6.45) is -2.33. The van der Waals surface area contributed by atoms with E-state index in [1.807, 2.05) is 0 Å². The molecule has 0 spiro atoms. The number of carbonyl (C=O) groups excluding carboxylic acids is 1. The molecule has 0 amide bonds. The minimum Gasteiger partial charge on any atom is -0.652 e. The van der Waals surface area contributed by atoms with Crippen molar-refractivity contribution in [2.75, 3.05) is 79.8 Å². The van der Waals surface area contributed by atoms with Crippen molar-refractivity contribution in [1.29, 1.82) is 0 Å². The smallest absolute Gasteiger partial charge is 0.102 e. The lowest BCUT2D eigenvalue weighted by atomic mass is 10.3. The van der Waals surface area contributed by atoms with Crippen molar-refractivity contribution in [1.82, 2.24) is 0 Å². The third-order valence-electron chi connectivity index (χ3n) is 5.56. The molecule has 26 heavy (non-hydrogen) atoms. The second-order valence-corrected chi connectivity index (χ2v) is 6.26. The van der Waals surface area contributed by atoms with Gasteiger partial charge in [0.05, 0.1) is 52.5 Å². The molecule has 0 rings (SSSR count). The minimum absolute atomic E-state index is 0.884. The Kier molecular flexibility index (Phi) is 21.7. The van der Waals surface area contributed by atoms with Crippen molar-refractivity contribution >= 4 is 6.16 Å². The zero-order valence-electron chi connectivity index (χ0n) is 18.5. The maximum absolute atomic E-state index is 8.33. The van der Waals surface area contributed by atoms with Gasteiger partial charge < -0.3 is 33.4 Å². The predicted octanol–water partition coefficient (Wildman–Crippen LogP) is 0.572.